The van der Waals surface area contributed by atoms with Gasteiger partial charge in [-0.15, -0.1) is 24.8 Å². The van der Waals surface area contributed by atoms with Gasteiger partial charge in [-0.1, -0.05) is 17.8 Å². The van der Waals surface area contributed by atoms with Crippen molar-refractivity contribution >= 4 is 47.7 Å². The summed E-state index contributed by atoms with van der Waals surface area (Å²) in [6.07, 6.45) is 0. The van der Waals surface area contributed by atoms with Crippen LogP contribution in [-0.2, 0) is 10.5 Å². The van der Waals surface area contributed by atoms with Gasteiger partial charge in [0.1, 0.15) is 11.8 Å². The number of hydrogen-bond donors (Lipinski definition) is 5. The summed E-state index contributed by atoms with van der Waals surface area (Å²) in [5.41, 5.74) is 11.5. The molecular formula is C10H15Cl2N3O3S. The number of nitrogens with two attached hydrogens (primary N) is 2. The minimum Gasteiger partial charge on any atom is -0.508 e. The molecule has 9 heteroatoms. The molecule has 0 aliphatic heterocycles. The van der Waals surface area contributed by atoms with Crippen LogP contribution in [0, 0.1) is 5.41 Å². The van der Waals surface area contributed by atoms with Gasteiger partial charge < -0.3 is 21.7 Å². The predicted octanol–water partition coefficient (Wildman–Crippen LogP) is 1.45. The Balaban J connectivity index is 0. The number of amidine groups is 1. The van der Waals surface area contributed by atoms with E-state index in [1.165, 1.54) is 18.2 Å². The Kier molecular flexibility index (Phi) is 9.41. The fraction of sp³-hybridized carbons (Fsp3) is 0.200. The number of aliphatic carboxylic acids is 1. The topological polar surface area (TPSA) is 133 Å². The van der Waals surface area contributed by atoms with Crippen molar-refractivity contribution in [2.24, 2.45) is 11.5 Å². The van der Waals surface area contributed by atoms with E-state index in [1.54, 1.807) is 0 Å². The molecule has 0 heterocycles. The molecule has 108 valence electrons. The first-order chi connectivity index (χ1) is 7.91. The third-order valence-corrected chi connectivity index (χ3v) is 2.88. The molecule has 0 aliphatic rings. The van der Waals surface area contributed by atoms with E-state index in [2.05, 4.69) is 0 Å². The van der Waals surface area contributed by atoms with Crippen LogP contribution < -0.4 is 11.5 Å². The lowest BCUT2D eigenvalue weighted by molar-refractivity contribution is -0.138. The second kappa shape index (κ2) is 8.87. The second-order valence-corrected chi connectivity index (χ2v) is 4.37. The van der Waals surface area contributed by atoms with Crippen molar-refractivity contribution in [3.63, 3.8) is 0 Å². The predicted molar refractivity (Wildman–Crippen MR) is 80.4 cm³/mol. The zero-order valence-corrected chi connectivity index (χ0v) is 12.1. The molecule has 1 unspecified atom stereocenters. The average molecular weight is 328 g/mol. The fourth-order valence-electron chi connectivity index (χ4n) is 1.21. The first-order valence-electron chi connectivity index (χ1n) is 4.69. The maximum Gasteiger partial charge on any atom is 0.325 e. The summed E-state index contributed by atoms with van der Waals surface area (Å²) < 4.78 is 0. The number of aromatic hydroxyl groups is 1. The maximum atomic E-state index is 10.7. The fourth-order valence-corrected chi connectivity index (χ4v) is 1.75. The molecule has 19 heavy (non-hydrogen) atoms. The molecule has 0 spiro atoms. The number of carboxylic acid groups (broad SMARTS) is 1. The molecule has 1 aromatic rings. The van der Waals surface area contributed by atoms with Crippen molar-refractivity contribution in [1.29, 1.82) is 5.41 Å². The van der Waals surface area contributed by atoms with Crippen LogP contribution in [0.4, 0.5) is 0 Å². The van der Waals surface area contributed by atoms with Crippen LogP contribution in [0.3, 0.4) is 0 Å². The van der Waals surface area contributed by atoms with Gasteiger partial charge in [-0.05, 0) is 17.7 Å². The van der Waals surface area contributed by atoms with Gasteiger partial charge in [-0.3, -0.25) is 10.2 Å². The minimum atomic E-state index is -1.14. The van der Waals surface area contributed by atoms with E-state index in [0.717, 1.165) is 11.8 Å². The van der Waals surface area contributed by atoms with Crippen LogP contribution >= 0.6 is 36.6 Å². The van der Waals surface area contributed by atoms with Gasteiger partial charge in [-0.2, -0.15) is 0 Å². The summed E-state index contributed by atoms with van der Waals surface area (Å²) in [7, 11) is 0. The van der Waals surface area contributed by atoms with E-state index in [0.29, 0.717) is 16.9 Å². The molecule has 0 amide bonds. The van der Waals surface area contributed by atoms with Gasteiger partial charge in [0.2, 0.25) is 0 Å². The summed E-state index contributed by atoms with van der Waals surface area (Å²) in [6.45, 7) is 0. The first kappa shape index (κ1) is 20.2. The van der Waals surface area contributed by atoms with E-state index >= 15 is 0 Å². The Morgan fingerprint density at radius 2 is 2.00 bits per heavy atom. The average Bonchev–Trinajstić information content (AvgIpc) is 2.26. The number of carbonyl (C=O) groups is 1. The van der Waals surface area contributed by atoms with Crippen molar-refractivity contribution in [2.45, 2.75) is 11.8 Å². The van der Waals surface area contributed by atoms with Crippen molar-refractivity contribution < 1.29 is 15.0 Å². The highest BCUT2D eigenvalue weighted by molar-refractivity contribution is 8.13. The molecule has 0 saturated carbocycles. The SMILES string of the molecule is Cl.Cl.N=C(N)SCc1cc(C(N)C(=O)O)ccc1O. The molecule has 1 atom stereocenters. The summed E-state index contributed by atoms with van der Waals surface area (Å²) in [4.78, 5) is 10.7. The van der Waals surface area contributed by atoms with Gasteiger partial charge in [-0.25, -0.2) is 0 Å². The summed E-state index contributed by atoms with van der Waals surface area (Å²) in [5, 5.41) is 25.3. The molecule has 0 bridgehead atoms. The quantitative estimate of drug-likeness (QED) is 0.419. The Hall–Kier alpha value is -1.15. The number of phenolic OH excluding ortho intramolecular Hbond substituents is 1. The number of benzene rings is 1. The van der Waals surface area contributed by atoms with Gasteiger partial charge in [0.05, 0.1) is 0 Å². The summed E-state index contributed by atoms with van der Waals surface area (Å²) >= 11 is 1.04. The highest BCUT2D eigenvalue weighted by Crippen LogP contribution is 2.25. The third kappa shape index (κ3) is 6.02. The molecule has 1 rings (SSSR count). The Bertz CT molecular complexity index is 460. The molecule has 6 nitrogen and oxygen atoms in total. The molecule has 0 aliphatic carbocycles. The largest absolute Gasteiger partial charge is 0.508 e. The van der Waals surface area contributed by atoms with E-state index in [-0.39, 0.29) is 35.7 Å². The minimum absolute atomic E-state index is 0. The number of carboxylic acids is 1. The van der Waals surface area contributed by atoms with Crippen molar-refractivity contribution in [2.75, 3.05) is 0 Å². The Morgan fingerprint density at radius 3 is 2.47 bits per heavy atom. The molecule has 0 saturated heterocycles. The van der Waals surface area contributed by atoms with E-state index in [1.807, 2.05) is 0 Å². The monoisotopic (exact) mass is 327 g/mol. The zero-order valence-electron chi connectivity index (χ0n) is 9.70. The highest BCUT2D eigenvalue weighted by atomic mass is 35.5. The van der Waals surface area contributed by atoms with E-state index in [9.17, 15) is 9.90 Å². The Labute approximate surface area is 126 Å². The van der Waals surface area contributed by atoms with Gasteiger partial charge in [0, 0.05) is 11.3 Å². The van der Waals surface area contributed by atoms with Crippen LogP contribution in [-0.4, -0.2) is 21.4 Å². The Morgan fingerprint density at radius 1 is 1.42 bits per heavy atom. The number of phenols is 1. The van der Waals surface area contributed by atoms with Gasteiger partial charge in [0.25, 0.3) is 0 Å². The molecular weight excluding hydrogens is 313 g/mol. The van der Waals surface area contributed by atoms with Crippen LogP contribution in [0.15, 0.2) is 18.2 Å². The first-order valence-corrected chi connectivity index (χ1v) is 5.67. The lowest BCUT2D eigenvalue weighted by Gasteiger charge is -2.10. The number of hydrogen-bond acceptors (Lipinski definition) is 5. The number of rotatable bonds is 4. The molecule has 7 N–H and O–H groups in total. The van der Waals surface area contributed by atoms with Crippen LogP contribution in [0.25, 0.3) is 0 Å². The summed E-state index contributed by atoms with van der Waals surface area (Å²) in [5.74, 6) is -0.817. The second-order valence-electron chi connectivity index (χ2n) is 3.36. The maximum absolute atomic E-state index is 10.7. The highest BCUT2D eigenvalue weighted by Gasteiger charge is 2.15. The van der Waals surface area contributed by atoms with Crippen LogP contribution in [0.5, 0.6) is 5.75 Å². The standard InChI is InChI=1S/C10H13N3O3S.2ClH/c11-8(9(15)16)5-1-2-7(14)6(3-5)4-17-10(12)13;;/h1-3,8,14H,4,11H2,(H3,12,13)(H,15,16);2*1H. The number of thioether (sulfide) groups is 1. The van der Waals surface area contributed by atoms with Gasteiger partial charge in [0.15, 0.2) is 5.17 Å². The van der Waals surface area contributed by atoms with Crippen molar-refractivity contribution in [3.05, 3.63) is 29.3 Å². The summed E-state index contributed by atoms with van der Waals surface area (Å²) in [6, 6.07) is 3.21. The number of nitrogens with one attached hydrogen (secondary N) is 1. The molecule has 0 radical (unpaired) electrons. The molecule has 0 fully saturated rings. The van der Waals surface area contributed by atoms with Crippen LogP contribution in [0.1, 0.15) is 17.2 Å². The lowest BCUT2D eigenvalue weighted by Crippen LogP contribution is -2.20. The smallest absolute Gasteiger partial charge is 0.325 e. The molecule has 0 aromatic heterocycles. The van der Waals surface area contributed by atoms with Crippen molar-refractivity contribution in [3.8, 4) is 5.75 Å². The van der Waals surface area contributed by atoms with Gasteiger partial charge >= 0.3 is 5.97 Å². The molecule has 1 aromatic carbocycles. The van der Waals surface area contributed by atoms with Crippen LogP contribution in [0.2, 0.25) is 0 Å². The normalized spacial score (nSPS) is 10.8. The third-order valence-electron chi connectivity index (χ3n) is 2.11. The zero-order chi connectivity index (χ0) is 13.0. The van der Waals surface area contributed by atoms with Crippen molar-refractivity contribution in [1.82, 2.24) is 0 Å². The van der Waals surface area contributed by atoms with E-state index < -0.39 is 12.0 Å². The van der Waals surface area contributed by atoms with E-state index in [4.69, 9.17) is 22.0 Å². The lowest BCUT2D eigenvalue weighted by atomic mass is 10.0. The number of halogens is 2.